The van der Waals surface area contributed by atoms with Gasteiger partial charge in [-0.3, -0.25) is 29.2 Å². The second-order valence-electron chi connectivity index (χ2n) is 15.4. The summed E-state index contributed by atoms with van der Waals surface area (Å²) in [6, 6.07) is 8.75. The third kappa shape index (κ3) is 10.0. The van der Waals surface area contributed by atoms with Crippen molar-refractivity contribution < 1.29 is 28.7 Å². The van der Waals surface area contributed by atoms with E-state index in [9.17, 15) is 19.2 Å². The molecule has 6 heterocycles. The zero-order chi connectivity index (χ0) is 38.3. The third-order valence-corrected chi connectivity index (χ3v) is 11.7. The van der Waals surface area contributed by atoms with Gasteiger partial charge >= 0.3 is 5.97 Å². The summed E-state index contributed by atoms with van der Waals surface area (Å²) in [5.41, 5.74) is 9.42. The Morgan fingerprint density at radius 3 is 2.59 bits per heavy atom. The molecule has 7 rings (SSSR count). The molecule has 2 fully saturated rings. The normalized spacial score (nSPS) is 21.1. The number of likely N-dealkylation sites (tertiary alicyclic amines) is 1. The Kier molecular flexibility index (Phi) is 17.2. The summed E-state index contributed by atoms with van der Waals surface area (Å²) in [5.74, 6) is -1.82. The van der Waals surface area contributed by atoms with Gasteiger partial charge in [0.25, 0.3) is 5.91 Å². The van der Waals surface area contributed by atoms with Crippen LogP contribution in [0.25, 0.3) is 33.4 Å². The van der Waals surface area contributed by atoms with E-state index in [4.69, 9.17) is 19.4 Å². The van der Waals surface area contributed by atoms with E-state index in [1.807, 2.05) is 18.4 Å². The van der Waals surface area contributed by atoms with Gasteiger partial charge in [-0.05, 0) is 62.9 Å². The molecule has 1 aromatic carbocycles. The highest BCUT2D eigenvalue weighted by atomic mass is 32.1. The Hall–Kier alpha value is -3.26. The quantitative estimate of drug-likeness (QED) is 0.252. The number of nitrogens with one attached hydrogen (secondary N) is 2. The van der Waals surface area contributed by atoms with Gasteiger partial charge in [0.2, 0.25) is 11.8 Å². The molecule has 2 saturated heterocycles. The first-order chi connectivity index (χ1) is 25.9. The molecule has 0 radical (unpaired) electrons. The van der Waals surface area contributed by atoms with Crippen LogP contribution in [0.4, 0.5) is 0 Å². The average molecular weight is 892 g/mol. The minimum absolute atomic E-state index is 0. The Labute approximate surface area is 372 Å². The van der Waals surface area contributed by atoms with Crippen LogP contribution in [0.15, 0.2) is 41.9 Å². The summed E-state index contributed by atoms with van der Waals surface area (Å²) in [7, 11) is 3.36. The topological polar surface area (TPSA) is 148 Å². The number of amides is 3. The van der Waals surface area contributed by atoms with Crippen molar-refractivity contribution in [2.45, 2.75) is 84.5 Å². The molecule has 6 bridgehead atoms. The fourth-order valence-corrected chi connectivity index (χ4v) is 8.74. The van der Waals surface area contributed by atoms with E-state index >= 15 is 0 Å². The molecule has 58 heavy (non-hydrogen) atoms. The first-order valence-corrected chi connectivity index (χ1v) is 19.6. The summed E-state index contributed by atoms with van der Waals surface area (Å²) in [6.45, 7) is 9.87. The molecule has 4 aromatic rings. The number of rotatable bonds is 6. The zero-order valence-corrected chi connectivity index (χ0v) is 38.6. The van der Waals surface area contributed by atoms with Crippen molar-refractivity contribution in [3.8, 4) is 22.5 Å². The summed E-state index contributed by atoms with van der Waals surface area (Å²) in [5, 5.41) is 8.12. The lowest BCUT2D eigenvalue weighted by atomic mass is 9.84. The number of benzene rings is 1. The van der Waals surface area contributed by atoms with Gasteiger partial charge < -0.3 is 24.3 Å². The Morgan fingerprint density at radius 2 is 1.90 bits per heavy atom. The number of hydrogen-bond donors (Lipinski definition) is 2. The number of esters is 1. The maximum Gasteiger partial charge on any atom is 0.324 e. The standard InChI is InChI=1S/C40H49N7O6S.4H2S/c1-7-46-32-13-12-24-16-27(32)28(36(46)26-10-8-14-41-35(26)23(2)52-6)19-40(3,4)22-53-39(51)29-11-9-15-47(44-29)38(50)30(18-33-42-31(24)21-54-33)43-37(49)25-17-34(48)45(5)20-25;;;;/h8,10,12-14,16,21,23,25,29-30,44H,7,9,11,15,17-20,22H2,1-6H3,(H,43,49);4*1H2/t23-,25-,29-,30-;;;;/m0..../s1. The minimum atomic E-state index is -0.962. The molecule has 13 nitrogen and oxygen atoms in total. The van der Waals surface area contributed by atoms with Crippen LogP contribution < -0.4 is 10.7 Å². The van der Waals surface area contributed by atoms with E-state index in [-0.39, 0.29) is 97.3 Å². The van der Waals surface area contributed by atoms with Crippen molar-refractivity contribution in [3.05, 3.63) is 58.2 Å². The maximum atomic E-state index is 14.1. The summed E-state index contributed by atoms with van der Waals surface area (Å²) in [6.07, 6.45) is 3.49. The number of nitrogens with zero attached hydrogens (tertiary/aromatic N) is 5. The van der Waals surface area contributed by atoms with Gasteiger partial charge in [-0.25, -0.2) is 10.4 Å². The average Bonchev–Trinajstić information content (AvgIpc) is 3.87. The Bertz CT molecular complexity index is 2110. The molecule has 18 heteroatoms. The van der Waals surface area contributed by atoms with Crippen molar-refractivity contribution in [2.24, 2.45) is 11.3 Å². The molecule has 4 atom stereocenters. The molecule has 3 aliphatic rings. The predicted molar refractivity (Wildman–Crippen MR) is 247 cm³/mol. The monoisotopic (exact) mass is 891 g/mol. The van der Waals surface area contributed by atoms with E-state index < -0.39 is 29.4 Å². The number of aromatic nitrogens is 3. The van der Waals surface area contributed by atoms with E-state index in [2.05, 4.69) is 60.3 Å². The largest absolute Gasteiger partial charge is 0.464 e. The number of carbonyl (C=O) groups excluding carboxylic acids is 4. The number of carbonyl (C=O) groups is 4. The van der Waals surface area contributed by atoms with Gasteiger partial charge in [0.1, 0.15) is 12.1 Å². The van der Waals surface area contributed by atoms with Crippen LogP contribution in [0.1, 0.15) is 69.3 Å². The highest BCUT2D eigenvalue weighted by Gasteiger charge is 2.38. The number of hydrogen-bond acceptors (Lipinski definition) is 10. The van der Waals surface area contributed by atoms with Crippen molar-refractivity contribution >= 4 is 99.9 Å². The fourth-order valence-electron chi connectivity index (χ4n) is 7.89. The third-order valence-electron chi connectivity index (χ3n) is 10.9. The molecule has 0 unspecified atom stereocenters. The smallest absolute Gasteiger partial charge is 0.324 e. The van der Waals surface area contributed by atoms with Crippen LogP contribution in [0, 0.1) is 11.3 Å². The number of thiazole rings is 1. The Morgan fingerprint density at radius 1 is 1.14 bits per heavy atom. The van der Waals surface area contributed by atoms with E-state index in [0.29, 0.717) is 43.9 Å². The zero-order valence-electron chi connectivity index (χ0n) is 33.8. The van der Waals surface area contributed by atoms with Crippen molar-refractivity contribution in [1.82, 2.24) is 35.2 Å². The van der Waals surface area contributed by atoms with Crippen LogP contribution in [-0.2, 0) is 48.0 Å². The van der Waals surface area contributed by atoms with Crippen LogP contribution in [0.3, 0.4) is 0 Å². The highest BCUT2D eigenvalue weighted by molar-refractivity contribution is 7.59. The predicted octanol–water partition coefficient (Wildman–Crippen LogP) is 5.13. The molecule has 2 N–H and O–H groups in total. The second kappa shape index (κ2) is 20.3. The molecular formula is C40H57N7O6S5. The number of methoxy groups -OCH3 is 1. The molecule has 0 saturated carbocycles. The van der Waals surface area contributed by atoms with Gasteiger partial charge in [0.15, 0.2) is 0 Å². The number of aryl methyl sites for hydroxylation is 1. The molecule has 3 aromatic heterocycles. The fraction of sp³-hybridized carbons (Fsp3) is 0.500. The number of fused-ring (bicyclic) bond motifs is 6. The number of cyclic esters (lactones) is 1. The van der Waals surface area contributed by atoms with Crippen LogP contribution in [0.5, 0.6) is 0 Å². The summed E-state index contributed by atoms with van der Waals surface area (Å²) >= 11 is 1.43. The lowest BCUT2D eigenvalue weighted by Crippen LogP contribution is -2.60. The van der Waals surface area contributed by atoms with Crippen molar-refractivity contribution in [3.63, 3.8) is 0 Å². The summed E-state index contributed by atoms with van der Waals surface area (Å²) in [4.78, 5) is 64.8. The van der Waals surface area contributed by atoms with Crippen LogP contribution in [-0.4, -0.2) is 94.1 Å². The van der Waals surface area contributed by atoms with Gasteiger partial charge in [-0.15, -0.1) is 11.3 Å². The van der Waals surface area contributed by atoms with Gasteiger partial charge in [-0.2, -0.15) is 54.0 Å². The number of hydrazine groups is 1. The Balaban J connectivity index is 0.00000225. The second-order valence-corrected chi connectivity index (χ2v) is 16.4. The lowest BCUT2D eigenvalue weighted by Gasteiger charge is -2.35. The highest BCUT2D eigenvalue weighted by Crippen LogP contribution is 2.42. The molecule has 0 aliphatic carbocycles. The first-order valence-electron chi connectivity index (χ1n) is 18.7. The molecule has 3 amide bonds. The van der Waals surface area contributed by atoms with Crippen LogP contribution >= 0.6 is 65.3 Å². The van der Waals surface area contributed by atoms with E-state index in [1.54, 1.807) is 20.4 Å². The molecular weight excluding hydrogens is 835 g/mol. The first kappa shape index (κ1) is 49.1. The van der Waals surface area contributed by atoms with Gasteiger partial charge in [0, 0.05) is 85.7 Å². The van der Waals surface area contributed by atoms with E-state index in [0.717, 1.165) is 44.7 Å². The van der Waals surface area contributed by atoms with Gasteiger partial charge in [0.05, 0.1) is 40.7 Å². The maximum absolute atomic E-state index is 14.1. The SMILES string of the molecule is CCn1c(-c2cccnc2[C@H](C)OC)c2c3cc(ccc31)-c1csc(n1)C[C@H](NC(=O)[C@H]1CC(=O)N(C)C1)C(=O)N1CCC[C@H](N1)C(=O)OCC(C)(C)C2.S.S.S.S. The molecule has 3 aliphatic heterocycles. The number of ether oxygens (including phenoxy) is 2. The minimum Gasteiger partial charge on any atom is -0.464 e. The van der Waals surface area contributed by atoms with Crippen molar-refractivity contribution in [1.29, 1.82) is 0 Å². The van der Waals surface area contributed by atoms with Gasteiger partial charge in [-0.1, -0.05) is 19.9 Å². The van der Waals surface area contributed by atoms with Crippen molar-refractivity contribution in [2.75, 3.05) is 33.9 Å². The van der Waals surface area contributed by atoms with E-state index in [1.165, 1.54) is 21.2 Å². The lowest BCUT2D eigenvalue weighted by molar-refractivity contribution is -0.155. The van der Waals surface area contributed by atoms with Crippen LogP contribution in [0.2, 0.25) is 0 Å². The number of pyridine rings is 1. The molecule has 0 spiro atoms. The summed E-state index contributed by atoms with van der Waals surface area (Å²) < 4.78 is 14.1. The molecule has 318 valence electrons.